The fourth-order valence-corrected chi connectivity index (χ4v) is 1.81. The van der Waals surface area contributed by atoms with Gasteiger partial charge in [0.2, 0.25) is 0 Å². The van der Waals surface area contributed by atoms with Crippen molar-refractivity contribution in [2.45, 2.75) is 43.3 Å². The normalized spacial score (nSPS) is 18.3. The van der Waals surface area contributed by atoms with Gasteiger partial charge < -0.3 is 17.0 Å². The number of piperidine rings is 1. The molecule has 0 spiro atoms. The van der Waals surface area contributed by atoms with Gasteiger partial charge in [-0.25, -0.2) is 0 Å². The summed E-state index contributed by atoms with van der Waals surface area (Å²) in [6.45, 7) is 7.41. The van der Waals surface area contributed by atoms with Crippen LogP contribution < -0.4 is 17.0 Å². The number of carbonyl (C=O) groups is 1. The number of nitrogens with zero attached hydrogens (tertiary/aromatic N) is 1. The van der Waals surface area contributed by atoms with Crippen LogP contribution in [-0.4, -0.2) is 51.4 Å². The molecular weight excluding hydrogens is 270 g/mol. The van der Waals surface area contributed by atoms with E-state index < -0.39 is 0 Å². The minimum Gasteiger partial charge on any atom is -1.00 e. The number of hydrogen-bond donors (Lipinski definition) is 0. The number of likely N-dealkylation sites (tertiary alicyclic amines) is 1. The monoisotopic (exact) mass is 287 g/mol. The largest absolute Gasteiger partial charge is 1.00 e. The Morgan fingerprint density at radius 1 is 1.33 bits per heavy atom. The fourth-order valence-electron chi connectivity index (χ4n) is 1.44. The number of hydrogen-bond acceptors (Lipinski definition) is 2. The maximum atomic E-state index is 11.6. The molecule has 0 unspecified atom stereocenters. The summed E-state index contributed by atoms with van der Waals surface area (Å²) in [6.07, 6.45) is 2.06. The average molecular weight is 288 g/mol. The molecule has 1 rings (SSSR count). The Bertz CT molecular complexity index is 210. The summed E-state index contributed by atoms with van der Waals surface area (Å²) in [5, 5.41) is 0. The Balaban J connectivity index is 0.00000196. The van der Waals surface area contributed by atoms with Crippen LogP contribution in [0.1, 0.15) is 33.6 Å². The van der Waals surface area contributed by atoms with Gasteiger partial charge >= 0.3 is 98.6 Å². The van der Waals surface area contributed by atoms with Crippen LogP contribution in [0.25, 0.3) is 0 Å². The minimum absolute atomic E-state index is 0. The van der Waals surface area contributed by atoms with Crippen molar-refractivity contribution >= 4 is 27.8 Å². The summed E-state index contributed by atoms with van der Waals surface area (Å²) in [6, 6.07) is 0. The summed E-state index contributed by atoms with van der Waals surface area (Å²) >= 11 is 2.03. The molecule has 0 saturated carbocycles. The Labute approximate surface area is 115 Å². The van der Waals surface area contributed by atoms with Gasteiger partial charge in [0, 0.05) is 0 Å². The molecule has 84 valence electrons. The van der Waals surface area contributed by atoms with Gasteiger partial charge in [-0.1, -0.05) is 0 Å². The summed E-state index contributed by atoms with van der Waals surface area (Å²) in [5.74, 6) is 0. The van der Waals surface area contributed by atoms with Crippen molar-refractivity contribution in [1.29, 1.82) is 0 Å². The van der Waals surface area contributed by atoms with E-state index in [0.29, 0.717) is 0 Å². The first kappa shape index (κ1) is 15.5. The Morgan fingerprint density at radius 3 is 2.20 bits per heavy atom. The van der Waals surface area contributed by atoms with E-state index in [2.05, 4.69) is 0 Å². The van der Waals surface area contributed by atoms with E-state index in [4.69, 9.17) is 4.74 Å². The van der Waals surface area contributed by atoms with Crippen LogP contribution >= 0.6 is 0 Å². The molecule has 0 aliphatic carbocycles. The van der Waals surface area contributed by atoms with Gasteiger partial charge in [-0.2, -0.15) is 0 Å². The third-order valence-corrected chi connectivity index (χ3v) is 3.08. The number of carbonyl (C=O) groups excluding carboxylic acids is 1. The third kappa shape index (κ3) is 5.97. The number of halogens is 1. The quantitative estimate of drug-likeness (QED) is 0.534. The van der Waals surface area contributed by atoms with Crippen LogP contribution in [0.3, 0.4) is 0 Å². The fraction of sp³-hybridized carbons (Fsp3) is 0.900. The zero-order chi connectivity index (χ0) is 10.8. The van der Waals surface area contributed by atoms with Crippen LogP contribution in [-0.2, 0) is 4.74 Å². The molecule has 0 radical (unpaired) electrons. The second-order valence-corrected chi connectivity index (χ2v) is 6.07. The van der Waals surface area contributed by atoms with Crippen LogP contribution in [0, 0.1) is 0 Å². The molecule has 3 nitrogen and oxygen atoms in total. The van der Waals surface area contributed by atoms with Crippen LogP contribution in [0.15, 0.2) is 0 Å². The maximum Gasteiger partial charge on any atom is -1.00 e. The predicted molar refractivity (Wildman–Crippen MR) is 56.5 cm³/mol. The van der Waals surface area contributed by atoms with E-state index in [-0.39, 0.29) is 28.7 Å². The molecule has 1 aliphatic rings. The molecule has 0 atom stereocenters. The SMILES string of the molecule is CC(C)(C)OC(=O)N1CC[CH]([Mg+])CC1.[Br-]. The van der Waals surface area contributed by atoms with Gasteiger partial charge in [0.15, 0.2) is 0 Å². The summed E-state index contributed by atoms with van der Waals surface area (Å²) in [7, 11) is 0. The molecule has 15 heavy (non-hydrogen) atoms. The van der Waals surface area contributed by atoms with E-state index in [9.17, 15) is 4.79 Å². The molecule has 0 N–H and O–H groups in total. The van der Waals surface area contributed by atoms with Crippen LogP contribution in [0.5, 0.6) is 0 Å². The van der Waals surface area contributed by atoms with Gasteiger partial charge in [-0.05, 0) is 0 Å². The second kappa shape index (κ2) is 6.30. The predicted octanol–water partition coefficient (Wildman–Crippen LogP) is -1.02. The van der Waals surface area contributed by atoms with E-state index in [0.717, 1.165) is 30.0 Å². The molecule has 0 aromatic carbocycles. The second-order valence-electron chi connectivity index (χ2n) is 4.91. The molecule has 0 aromatic rings. The third-order valence-electron chi connectivity index (χ3n) is 2.27. The van der Waals surface area contributed by atoms with Gasteiger partial charge in [-0.15, -0.1) is 0 Å². The molecular formula is C10H18BrMgNO2. The van der Waals surface area contributed by atoms with Crippen molar-refractivity contribution in [2.75, 3.05) is 13.1 Å². The van der Waals surface area contributed by atoms with Crippen molar-refractivity contribution in [1.82, 2.24) is 4.90 Å². The molecule has 1 amide bonds. The van der Waals surface area contributed by atoms with Gasteiger partial charge in [0.1, 0.15) is 0 Å². The van der Waals surface area contributed by atoms with Gasteiger partial charge in [0.05, 0.1) is 0 Å². The molecule has 5 heteroatoms. The molecule has 0 bridgehead atoms. The Kier molecular flexibility index (Phi) is 6.52. The Hall–Kier alpha value is 0.516. The van der Waals surface area contributed by atoms with Gasteiger partial charge in [0.25, 0.3) is 0 Å². The van der Waals surface area contributed by atoms with E-state index in [1.165, 1.54) is 0 Å². The van der Waals surface area contributed by atoms with E-state index in [1.54, 1.807) is 0 Å². The zero-order valence-electron chi connectivity index (χ0n) is 9.75. The van der Waals surface area contributed by atoms with Crippen molar-refractivity contribution in [2.24, 2.45) is 0 Å². The molecule has 1 aliphatic heterocycles. The standard InChI is InChI=1S/C10H18NO2.BrH.Mg/c1-10(2,3)13-9(12)11-7-5-4-6-8-11;;/h4H,5-8H2,1-3H3;1H;/q;;+1/p-1. The van der Waals surface area contributed by atoms with Crippen molar-refractivity contribution in [3.63, 3.8) is 0 Å². The first-order valence-electron chi connectivity index (χ1n) is 5.19. The van der Waals surface area contributed by atoms with E-state index in [1.807, 2.05) is 47.4 Å². The van der Waals surface area contributed by atoms with E-state index >= 15 is 0 Å². The van der Waals surface area contributed by atoms with Crippen LogP contribution in [0.4, 0.5) is 4.79 Å². The Morgan fingerprint density at radius 2 is 1.80 bits per heavy atom. The molecule has 1 fully saturated rings. The molecule has 1 saturated heterocycles. The smallest absolute Gasteiger partial charge is 1.00 e. The minimum atomic E-state index is -0.373. The topological polar surface area (TPSA) is 29.5 Å². The van der Waals surface area contributed by atoms with Crippen molar-refractivity contribution < 1.29 is 26.5 Å². The average Bonchev–Trinajstić information content (AvgIpc) is 2.02. The first-order chi connectivity index (χ1) is 6.38. The summed E-state index contributed by atoms with van der Waals surface area (Å²) in [4.78, 5) is 13.4. The maximum absolute atomic E-state index is 11.6. The number of rotatable bonds is 0. The zero-order valence-corrected chi connectivity index (χ0v) is 12.8. The first-order valence-corrected chi connectivity index (χ1v) is 6.01. The van der Waals surface area contributed by atoms with Gasteiger partial charge in [-0.3, -0.25) is 0 Å². The summed E-state index contributed by atoms with van der Waals surface area (Å²) in [5.41, 5.74) is -0.373. The number of amides is 1. The molecule has 1 heterocycles. The summed E-state index contributed by atoms with van der Waals surface area (Å²) < 4.78 is 6.07. The van der Waals surface area contributed by atoms with Crippen LogP contribution in [0.2, 0.25) is 4.05 Å². The van der Waals surface area contributed by atoms with Crippen molar-refractivity contribution in [3.8, 4) is 0 Å². The molecule has 0 aromatic heterocycles. The van der Waals surface area contributed by atoms with Crippen molar-refractivity contribution in [3.05, 3.63) is 0 Å². The number of ether oxygens (including phenoxy) is 1.